The van der Waals surface area contributed by atoms with Gasteiger partial charge in [0.2, 0.25) is 0 Å². The predicted octanol–water partition coefficient (Wildman–Crippen LogP) is 3.52. The van der Waals surface area contributed by atoms with E-state index in [4.69, 9.17) is 14.2 Å². The van der Waals surface area contributed by atoms with E-state index in [-0.39, 0.29) is 32.2 Å². The number of halogens is 1. The first-order valence-corrected chi connectivity index (χ1v) is 8.91. The normalized spacial score (nSPS) is 13.5. The Morgan fingerprint density at radius 1 is 1.04 bits per heavy atom. The van der Waals surface area contributed by atoms with Crippen LogP contribution in [-0.2, 0) is 30.2 Å². The molecule has 0 radical (unpaired) electrons. The highest BCUT2D eigenvalue weighted by atomic mass is 79.9. The lowest BCUT2D eigenvalue weighted by atomic mass is 10.1. The second-order valence-corrected chi connectivity index (χ2v) is 6.53. The summed E-state index contributed by atoms with van der Waals surface area (Å²) < 4.78 is 16.8. The first kappa shape index (κ1) is 18.2. The molecular weight excluding hydrogens is 400 g/mol. The summed E-state index contributed by atoms with van der Waals surface area (Å²) in [6, 6.07) is 16.7. The quantitative estimate of drug-likeness (QED) is 0.510. The Bertz CT molecular complexity index is 812. The zero-order chi connectivity index (χ0) is 18.4. The Balaban J connectivity index is 1.49. The first-order chi connectivity index (χ1) is 12.6. The van der Waals surface area contributed by atoms with E-state index in [1.165, 1.54) is 0 Å². The van der Waals surface area contributed by atoms with Crippen molar-refractivity contribution in [1.82, 2.24) is 0 Å². The lowest BCUT2D eigenvalue weighted by Gasteiger charge is -2.09. The highest BCUT2D eigenvalue weighted by Crippen LogP contribution is 2.26. The van der Waals surface area contributed by atoms with Crippen LogP contribution in [0.1, 0.15) is 11.1 Å². The van der Waals surface area contributed by atoms with Crippen LogP contribution in [0.3, 0.4) is 0 Å². The molecule has 0 fully saturated rings. The van der Waals surface area contributed by atoms with Crippen LogP contribution in [0.2, 0.25) is 0 Å². The van der Waals surface area contributed by atoms with Gasteiger partial charge in [0.05, 0.1) is 6.42 Å². The van der Waals surface area contributed by atoms with Crippen molar-refractivity contribution >= 4 is 33.4 Å². The largest absolute Gasteiger partial charge is 0.490 e. The van der Waals surface area contributed by atoms with Crippen LogP contribution in [-0.4, -0.2) is 31.8 Å². The van der Waals surface area contributed by atoms with Crippen molar-refractivity contribution in [3.8, 4) is 0 Å². The summed E-state index contributed by atoms with van der Waals surface area (Å²) in [4.78, 5) is 23.8. The minimum Gasteiger partial charge on any atom is -0.490 e. The maximum Gasteiger partial charge on any atom is 0.342 e. The Morgan fingerprint density at radius 2 is 1.77 bits per heavy atom. The smallest absolute Gasteiger partial charge is 0.342 e. The van der Waals surface area contributed by atoms with Gasteiger partial charge in [0, 0.05) is 4.47 Å². The van der Waals surface area contributed by atoms with E-state index in [0.29, 0.717) is 11.3 Å². The van der Waals surface area contributed by atoms with Crippen LogP contribution in [0.5, 0.6) is 0 Å². The molecule has 1 aliphatic rings. The van der Waals surface area contributed by atoms with Crippen LogP contribution >= 0.6 is 15.9 Å². The fraction of sp³-hybridized carbons (Fsp3) is 0.200. The fourth-order valence-corrected chi connectivity index (χ4v) is 2.79. The second kappa shape index (κ2) is 8.67. The molecule has 6 heteroatoms. The van der Waals surface area contributed by atoms with E-state index < -0.39 is 5.97 Å². The maximum absolute atomic E-state index is 11.9. The molecule has 0 aromatic heterocycles. The molecule has 0 amide bonds. The maximum atomic E-state index is 11.9. The van der Waals surface area contributed by atoms with Crippen LogP contribution in [0, 0.1) is 0 Å². The van der Waals surface area contributed by atoms with Gasteiger partial charge in [-0.25, -0.2) is 4.79 Å². The molecule has 2 aromatic rings. The van der Waals surface area contributed by atoms with Crippen molar-refractivity contribution in [2.45, 2.75) is 6.42 Å². The minimum atomic E-state index is -0.404. The number of carbonyl (C=O) groups excluding carboxylic acids is 2. The Kier molecular flexibility index (Phi) is 6.07. The molecule has 0 aliphatic carbocycles. The zero-order valence-corrected chi connectivity index (χ0v) is 15.5. The highest BCUT2D eigenvalue weighted by Gasteiger charge is 2.27. The van der Waals surface area contributed by atoms with Crippen molar-refractivity contribution in [3.05, 3.63) is 76.0 Å². The lowest BCUT2D eigenvalue weighted by molar-refractivity contribution is -0.144. The summed E-state index contributed by atoms with van der Waals surface area (Å²) >= 11 is 3.35. The van der Waals surface area contributed by atoms with Crippen molar-refractivity contribution in [1.29, 1.82) is 0 Å². The molecule has 1 heterocycles. The molecule has 0 unspecified atom stereocenters. The second-order valence-electron chi connectivity index (χ2n) is 5.61. The molecule has 0 bridgehead atoms. The number of hydrogen-bond acceptors (Lipinski definition) is 5. The number of cyclic esters (lactones) is 1. The molecule has 1 aliphatic heterocycles. The van der Waals surface area contributed by atoms with E-state index in [1.807, 2.05) is 54.6 Å². The van der Waals surface area contributed by atoms with Gasteiger partial charge in [0.25, 0.3) is 0 Å². The SMILES string of the molecule is O=C(Cc1ccc(Br)cc1)OCCOC1=C(c2ccccc2)C(=O)OC1. The van der Waals surface area contributed by atoms with Crippen LogP contribution in [0.4, 0.5) is 0 Å². The molecule has 0 atom stereocenters. The summed E-state index contributed by atoms with van der Waals surface area (Å²) in [5, 5.41) is 0. The third-order valence-electron chi connectivity index (χ3n) is 3.76. The number of esters is 2. The fourth-order valence-electron chi connectivity index (χ4n) is 2.53. The number of rotatable bonds is 7. The molecule has 26 heavy (non-hydrogen) atoms. The molecule has 5 nitrogen and oxygen atoms in total. The molecule has 2 aromatic carbocycles. The summed E-state index contributed by atoms with van der Waals surface area (Å²) in [6.07, 6.45) is 0.201. The summed E-state index contributed by atoms with van der Waals surface area (Å²) in [6.45, 7) is 0.361. The molecule has 0 N–H and O–H groups in total. The van der Waals surface area contributed by atoms with Gasteiger partial charge < -0.3 is 14.2 Å². The van der Waals surface area contributed by atoms with E-state index in [0.717, 1.165) is 15.6 Å². The van der Waals surface area contributed by atoms with Crippen molar-refractivity contribution in [2.75, 3.05) is 19.8 Å². The highest BCUT2D eigenvalue weighted by molar-refractivity contribution is 9.10. The molecular formula is C20H17BrO5. The van der Waals surface area contributed by atoms with Crippen LogP contribution in [0.25, 0.3) is 5.57 Å². The van der Waals surface area contributed by atoms with Crippen molar-refractivity contribution in [3.63, 3.8) is 0 Å². The first-order valence-electron chi connectivity index (χ1n) is 8.12. The number of ether oxygens (including phenoxy) is 3. The van der Waals surface area contributed by atoms with Gasteiger partial charge >= 0.3 is 11.9 Å². The number of carbonyl (C=O) groups is 2. The van der Waals surface area contributed by atoms with Crippen LogP contribution < -0.4 is 0 Å². The van der Waals surface area contributed by atoms with Gasteiger partial charge in [-0.2, -0.15) is 0 Å². The lowest BCUT2D eigenvalue weighted by Crippen LogP contribution is -2.13. The summed E-state index contributed by atoms with van der Waals surface area (Å²) in [7, 11) is 0. The summed E-state index contributed by atoms with van der Waals surface area (Å²) in [5.74, 6) is -0.268. The topological polar surface area (TPSA) is 61.8 Å². The predicted molar refractivity (Wildman–Crippen MR) is 99.1 cm³/mol. The van der Waals surface area contributed by atoms with Gasteiger partial charge in [0.1, 0.15) is 31.2 Å². The Labute approximate surface area is 159 Å². The molecule has 0 spiro atoms. The number of benzene rings is 2. The van der Waals surface area contributed by atoms with Gasteiger partial charge in [-0.15, -0.1) is 0 Å². The van der Waals surface area contributed by atoms with Crippen LogP contribution in [0.15, 0.2) is 64.8 Å². The van der Waals surface area contributed by atoms with Gasteiger partial charge in [-0.05, 0) is 23.3 Å². The Morgan fingerprint density at radius 3 is 2.50 bits per heavy atom. The van der Waals surface area contributed by atoms with E-state index in [9.17, 15) is 9.59 Å². The van der Waals surface area contributed by atoms with Gasteiger partial charge in [-0.1, -0.05) is 58.4 Å². The molecule has 134 valence electrons. The third kappa shape index (κ3) is 4.73. The van der Waals surface area contributed by atoms with Gasteiger partial charge in [0.15, 0.2) is 0 Å². The van der Waals surface area contributed by atoms with Crippen molar-refractivity contribution < 1.29 is 23.8 Å². The van der Waals surface area contributed by atoms with E-state index in [1.54, 1.807) is 0 Å². The monoisotopic (exact) mass is 416 g/mol. The third-order valence-corrected chi connectivity index (χ3v) is 4.29. The Hall–Kier alpha value is -2.60. The molecule has 0 saturated heterocycles. The summed E-state index contributed by atoms with van der Waals surface area (Å²) in [5.41, 5.74) is 2.05. The van der Waals surface area contributed by atoms with Crippen molar-refractivity contribution in [2.24, 2.45) is 0 Å². The van der Waals surface area contributed by atoms with E-state index >= 15 is 0 Å². The molecule has 3 rings (SSSR count). The average Bonchev–Trinajstić information content (AvgIpc) is 3.02. The minimum absolute atomic E-state index is 0.0932. The average molecular weight is 417 g/mol. The number of hydrogen-bond donors (Lipinski definition) is 0. The van der Waals surface area contributed by atoms with Gasteiger partial charge in [-0.3, -0.25) is 4.79 Å². The molecule has 0 saturated carbocycles. The zero-order valence-electron chi connectivity index (χ0n) is 13.9. The standard InChI is InChI=1S/C20H17BrO5/c21-16-8-6-14(7-9-16)12-18(22)25-11-10-24-17-13-26-20(23)19(17)15-4-2-1-3-5-15/h1-9H,10-13H2. The van der Waals surface area contributed by atoms with E-state index in [2.05, 4.69) is 15.9 Å².